The molecule has 134 valence electrons. The molecule has 0 spiro atoms. The molecule has 0 aliphatic rings. The van der Waals surface area contributed by atoms with Crippen LogP contribution in [0.3, 0.4) is 0 Å². The first-order valence-corrected chi connectivity index (χ1v) is 8.41. The Morgan fingerprint density at radius 2 is 1.89 bits per heavy atom. The first kappa shape index (κ1) is 16.7. The molecule has 0 atom stereocenters. The van der Waals surface area contributed by atoms with Crippen LogP contribution in [-0.4, -0.2) is 20.4 Å². The van der Waals surface area contributed by atoms with E-state index in [1.165, 1.54) is 4.57 Å². The predicted molar refractivity (Wildman–Crippen MR) is 99.8 cm³/mol. The highest BCUT2D eigenvalue weighted by atomic mass is 16.4. The van der Waals surface area contributed by atoms with Gasteiger partial charge in [0.1, 0.15) is 6.54 Å². The molecule has 27 heavy (non-hydrogen) atoms. The van der Waals surface area contributed by atoms with Crippen LogP contribution >= 0.6 is 0 Å². The van der Waals surface area contributed by atoms with Gasteiger partial charge >= 0.3 is 5.76 Å². The Hall–Kier alpha value is -3.74. The molecule has 0 fully saturated rings. The highest BCUT2D eigenvalue weighted by Crippen LogP contribution is 2.16. The lowest BCUT2D eigenvalue weighted by Gasteiger charge is -2.07. The lowest BCUT2D eigenvalue weighted by Crippen LogP contribution is -2.30. The van der Waals surface area contributed by atoms with Crippen LogP contribution in [0.4, 0.5) is 0 Å². The van der Waals surface area contributed by atoms with Gasteiger partial charge in [0.25, 0.3) is 0 Å². The maximum absolute atomic E-state index is 12.3. The van der Waals surface area contributed by atoms with E-state index >= 15 is 0 Å². The van der Waals surface area contributed by atoms with E-state index in [1.807, 2.05) is 24.3 Å². The van der Waals surface area contributed by atoms with E-state index in [0.717, 1.165) is 16.8 Å². The molecule has 1 N–H and O–H groups in total. The van der Waals surface area contributed by atoms with Gasteiger partial charge in [-0.1, -0.05) is 12.1 Å². The molecule has 0 bridgehead atoms. The first-order chi connectivity index (χ1) is 13.2. The summed E-state index contributed by atoms with van der Waals surface area (Å²) in [5.74, 6) is -0.818. The number of nitrogens with one attached hydrogen (secondary N) is 1. The monoisotopic (exact) mass is 360 g/mol. The zero-order valence-electron chi connectivity index (χ0n) is 14.3. The molecule has 0 saturated carbocycles. The number of oxazole rings is 1. The summed E-state index contributed by atoms with van der Waals surface area (Å²) in [7, 11) is 0. The number of hydrogen-bond donors (Lipinski definition) is 1. The van der Waals surface area contributed by atoms with Crippen LogP contribution in [0.2, 0.25) is 0 Å². The second kappa shape index (κ2) is 7.25. The first-order valence-electron chi connectivity index (χ1n) is 8.41. The second-order valence-corrected chi connectivity index (χ2v) is 5.98. The molecule has 0 unspecified atom stereocenters. The van der Waals surface area contributed by atoms with Gasteiger partial charge in [0.15, 0.2) is 5.58 Å². The van der Waals surface area contributed by atoms with Gasteiger partial charge in [0, 0.05) is 30.7 Å². The third kappa shape index (κ3) is 3.62. The lowest BCUT2D eigenvalue weighted by molar-refractivity contribution is -0.121. The molecule has 1 amide bonds. The molecule has 3 heterocycles. The molecule has 0 aliphatic carbocycles. The molecule has 1 aromatic carbocycles. The second-order valence-electron chi connectivity index (χ2n) is 5.98. The van der Waals surface area contributed by atoms with Crippen molar-refractivity contribution in [3.63, 3.8) is 0 Å². The number of amides is 1. The Bertz CT molecular complexity index is 1150. The largest absolute Gasteiger partial charge is 0.420 e. The molecule has 0 aliphatic heterocycles. The summed E-state index contributed by atoms with van der Waals surface area (Å²) in [6.45, 7) is 0.238. The van der Waals surface area contributed by atoms with Crippen LogP contribution in [0.5, 0.6) is 0 Å². The number of para-hydroxylation sites is 2. The zero-order chi connectivity index (χ0) is 18.6. The SMILES string of the molecule is O=C(Cn1c(=O)oc2ccccc21)NCc1ccnc(-c2ccncc2)c1. The van der Waals surface area contributed by atoms with Crippen molar-refractivity contribution >= 4 is 17.0 Å². The van der Waals surface area contributed by atoms with Gasteiger partial charge in [-0.05, 0) is 42.0 Å². The number of fused-ring (bicyclic) bond motifs is 1. The number of nitrogens with zero attached hydrogens (tertiary/aromatic N) is 3. The van der Waals surface area contributed by atoms with Gasteiger partial charge in [-0.3, -0.25) is 19.3 Å². The molecule has 0 saturated heterocycles. The fourth-order valence-corrected chi connectivity index (χ4v) is 2.83. The Balaban J connectivity index is 1.45. The lowest BCUT2D eigenvalue weighted by atomic mass is 10.1. The van der Waals surface area contributed by atoms with Gasteiger partial charge in [-0.15, -0.1) is 0 Å². The molecule has 4 rings (SSSR count). The van der Waals surface area contributed by atoms with Crippen LogP contribution in [0.15, 0.2) is 76.3 Å². The van der Waals surface area contributed by atoms with E-state index in [2.05, 4.69) is 15.3 Å². The van der Waals surface area contributed by atoms with Crippen molar-refractivity contribution in [2.24, 2.45) is 0 Å². The molecule has 3 aromatic heterocycles. The third-order valence-electron chi connectivity index (χ3n) is 4.17. The van der Waals surface area contributed by atoms with Gasteiger partial charge in [-0.25, -0.2) is 4.79 Å². The van der Waals surface area contributed by atoms with Crippen molar-refractivity contribution in [3.05, 3.63) is 83.2 Å². The fourth-order valence-electron chi connectivity index (χ4n) is 2.83. The Morgan fingerprint density at radius 1 is 1.07 bits per heavy atom. The van der Waals surface area contributed by atoms with Gasteiger partial charge in [0.05, 0.1) is 11.2 Å². The van der Waals surface area contributed by atoms with Crippen molar-refractivity contribution in [2.75, 3.05) is 0 Å². The fraction of sp³-hybridized carbons (Fsp3) is 0.100. The number of carbonyl (C=O) groups excluding carboxylic acids is 1. The third-order valence-corrected chi connectivity index (χ3v) is 4.17. The zero-order valence-corrected chi connectivity index (χ0v) is 14.3. The van der Waals surface area contributed by atoms with E-state index in [-0.39, 0.29) is 12.5 Å². The summed E-state index contributed by atoms with van der Waals surface area (Å²) >= 11 is 0. The van der Waals surface area contributed by atoms with Crippen LogP contribution in [0.25, 0.3) is 22.4 Å². The summed E-state index contributed by atoms with van der Waals surface area (Å²) in [6.07, 6.45) is 5.11. The topological polar surface area (TPSA) is 90.0 Å². The van der Waals surface area contributed by atoms with Crippen molar-refractivity contribution in [1.82, 2.24) is 19.9 Å². The van der Waals surface area contributed by atoms with Crippen LogP contribution in [-0.2, 0) is 17.9 Å². The van der Waals surface area contributed by atoms with Gasteiger partial charge in [-0.2, -0.15) is 0 Å². The minimum atomic E-state index is -0.546. The van der Waals surface area contributed by atoms with E-state index in [1.54, 1.807) is 42.9 Å². The molecule has 4 aromatic rings. The highest BCUT2D eigenvalue weighted by Gasteiger charge is 2.12. The average Bonchev–Trinajstić information content (AvgIpc) is 3.02. The summed E-state index contributed by atoms with van der Waals surface area (Å²) in [5.41, 5.74) is 3.73. The van der Waals surface area contributed by atoms with Crippen molar-refractivity contribution < 1.29 is 9.21 Å². The van der Waals surface area contributed by atoms with Crippen molar-refractivity contribution in [3.8, 4) is 11.3 Å². The Labute approximate surface area is 154 Å². The Morgan fingerprint density at radius 3 is 2.74 bits per heavy atom. The van der Waals surface area contributed by atoms with Crippen molar-refractivity contribution in [1.29, 1.82) is 0 Å². The van der Waals surface area contributed by atoms with E-state index in [9.17, 15) is 9.59 Å². The van der Waals surface area contributed by atoms with E-state index in [4.69, 9.17) is 4.42 Å². The minimum Gasteiger partial charge on any atom is -0.408 e. The predicted octanol–water partition coefficient (Wildman–Crippen LogP) is 2.37. The smallest absolute Gasteiger partial charge is 0.408 e. The summed E-state index contributed by atoms with van der Waals surface area (Å²) in [4.78, 5) is 32.6. The average molecular weight is 360 g/mol. The number of rotatable bonds is 5. The number of aromatic nitrogens is 3. The molecule has 7 heteroatoms. The molecule has 7 nitrogen and oxygen atoms in total. The number of pyridine rings is 2. The van der Waals surface area contributed by atoms with Crippen LogP contribution in [0.1, 0.15) is 5.56 Å². The highest BCUT2D eigenvalue weighted by molar-refractivity contribution is 5.79. The summed E-state index contributed by atoms with van der Waals surface area (Å²) in [6, 6.07) is 14.5. The summed E-state index contributed by atoms with van der Waals surface area (Å²) in [5, 5.41) is 2.83. The minimum absolute atomic E-state index is 0.0991. The van der Waals surface area contributed by atoms with Crippen LogP contribution < -0.4 is 11.1 Å². The molecule has 0 radical (unpaired) electrons. The van der Waals surface area contributed by atoms with E-state index in [0.29, 0.717) is 17.6 Å². The quantitative estimate of drug-likeness (QED) is 0.590. The number of hydrogen-bond acceptors (Lipinski definition) is 5. The van der Waals surface area contributed by atoms with Gasteiger partial charge < -0.3 is 9.73 Å². The normalized spacial score (nSPS) is 10.8. The standard InChI is InChI=1S/C20H16N4O3/c25-19(13-24-17-3-1-2-4-18(17)27-20(24)26)23-12-14-5-10-22-16(11-14)15-6-8-21-9-7-15/h1-11H,12-13H2,(H,23,25). The maximum Gasteiger partial charge on any atom is 0.420 e. The van der Waals surface area contributed by atoms with Crippen LogP contribution in [0, 0.1) is 0 Å². The Kier molecular flexibility index (Phi) is 4.49. The van der Waals surface area contributed by atoms with E-state index < -0.39 is 5.76 Å². The molecular formula is C20H16N4O3. The summed E-state index contributed by atoms with van der Waals surface area (Å²) < 4.78 is 6.46. The van der Waals surface area contributed by atoms with Crippen molar-refractivity contribution in [2.45, 2.75) is 13.1 Å². The number of benzene rings is 1. The van der Waals surface area contributed by atoms with Gasteiger partial charge in [0.2, 0.25) is 5.91 Å². The number of carbonyl (C=O) groups is 1. The molecular weight excluding hydrogens is 344 g/mol. The maximum atomic E-state index is 12.3.